The van der Waals surface area contributed by atoms with Gasteiger partial charge in [-0.3, -0.25) is 4.99 Å². The van der Waals surface area contributed by atoms with Gasteiger partial charge in [-0.2, -0.15) is 0 Å². The first-order valence-corrected chi connectivity index (χ1v) is 8.75. The van der Waals surface area contributed by atoms with Crippen LogP contribution in [0, 0.1) is 12.3 Å². The number of aryl methyl sites for hydroxylation is 1. The number of nitrogens with zero attached hydrogens (tertiary/aromatic N) is 2. The highest BCUT2D eigenvalue weighted by Crippen LogP contribution is 2.35. The van der Waals surface area contributed by atoms with Gasteiger partial charge in [0, 0.05) is 23.4 Å². The van der Waals surface area contributed by atoms with E-state index in [0.717, 1.165) is 16.7 Å². The summed E-state index contributed by atoms with van der Waals surface area (Å²) < 4.78 is 0. The summed E-state index contributed by atoms with van der Waals surface area (Å²) in [6, 6.07) is 0.251. The van der Waals surface area contributed by atoms with Crippen molar-refractivity contribution in [1.29, 1.82) is 0 Å². The topological polar surface area (TPSA) is 37.3 Å². The molecule has 0 saturated heterocycles. The Labute approximate surface area is 124 Å². The standard InChI is InChI=1S/C14H23N3S2/c1-5-14(6-2)8-16-13(18-9-14)17-11(4)12-15-7-10(3)19-12/h7,11H,5-6,8-9H2,1-4H3,(H,16,17). The van der Waals surface area contributed by atoms with Gasteiger partial charge < -0.3 is 5.32 Å². The molecule has 1 aromatic rings. The molecule has 0 saturated carbocycles. The minimum absolute atomic E-state index is 0.251. The average molecular weight is 297 g/mol. The first-order valence-electron chi connectivity index (χ1n) is 6.94. The van der Waals surface area contributed by atoms with Crippen LogP contribution in [0.15, 0.2) is 11.2 Å². The van der Waals surface area contributed by atoms with Gasteiger partial charge in [0.15, 0.2) is 5.17 Å². The number of nitrogens with one attached hydrogen (secondary N) is 1. The van der Waals surface area contributed by atoms with Gasteiger partial charge in [-0.15, -0.1) is 11.3 Å². The zero-order valence-electron chi connectivity index (χ0n) is 12.2. The third-order valence-electron chi connectivity index (χ3n) is 3.92. The lowest BCUT2D eigenvalue weighted by Crippen LogP contribution is -2.35. The fraction of sp³-hybridized carbons (Fsp3) is 0.714. The SMILES string of the molecule is CCC1(CC)CN=C(NC(C)c2ncc(C)s2)SC1. The maximum Gasteiger partial charge on any atom is 0.157 e. The maximum atomic E-state index is 4.74. The zero-order chi connectivity index (χ0) is 13.9. The van der Waals surface area contributed by atoms with E-state index in [-0.39, 0.29) is 6.04 Å². The van der Waals surface area contributed by atoms with E-state index >= 15 is 0 Å². The Morgan fingerprint density at radius 2 is 2.16 bits per heavy atom. The van der Waals surface area contributed by atoms with Crippen molar-refractivity contribution in [2.75, 3.05) is 12.3 Å². The van der Waals surface area contributed by atoms with Crippen LogP contribution in [0.3, 0.4) is 0 Å². The second-order valence-electron chi connectivity index (χ2n) is 5.29. The molecule has 5 heteroatoms. The van der Waals surface area contributed by atoms with Crippen LogP contribution in [0.5, 0.6) is 0 Å². The normalized spacial score (nSPS) is 19.9. The fourth-order valence-electron chi connectivity index (χ4n) is 2.14. The van der Waals surface area contributed by atoms with Gasteiger partial charge in [0.2, 0.25) is 0 Å². The van der Waals surface area contributed by atoms with Crippen molar-refractivity contribution < 1.29 is 0 Å². The Kier molecular flexibility index (Phi) is 4.90. The molecule has 0 aromatic carbocycles. The lowest BCUT2D eigenvalue weighted by Gasteiger charge is -2.33. The summed E-state index contributed by atoms with van der Waals surface area (Å²) >= 11 is 3.62. The summed E-state index contributed by atoms with van der Waals surface area (Å²) in [4.78, 5) is 10.4. The second kappa shape index (κ2) is 6.27. The second-order valence-corrected chi connectivity index (χ2v) is 7.52. The molecule has 1 aliphatic rings. The molecular weight excluding hydrogens is 274 g/mol. The van der Waals surface area contributed by atoms with Crippen LogP contribution >= 0.6 is 23.1 Å². The highest BCUT2D eigenvalue weighted by molar-refractivity contribution is 8.13. The molecule has 0 bridgehead atoms. The first-order chi connectivity index (χ1) is 9.08. The fourth-order valence-corrected chi connectivity index (χ4v) is 4.27. The average Bonchev–Trinajstić information content (AvgIpc) is 2.87. The van der Waals surface area contributed by atoms with E-state index in [1.165, 1.54) is 23.5 Å². The summed E-state index contributed by atoms with van der Waals surface area (Å²) in [5.74, 6) is 1.18. The highest BCUT2D eigenvalue weighted by atomic mass is 32.2. The van der Waals surface area contributed by atoms with Crippen LogP contribution in [0.25, 0.3) is 0 Å². The van der Waals surface area contributed by atoms with Crippen LogP contribution in [0.4, 0.5) is 0 Å². The van der Waals surface area contributed by atoms with Crippen molar-refractivity contribution in [3.8, 4) is 0 Å². The van der Waals surface area contributed by atoms with E-state index in [2.05, 4.69) is 38.0 Å². The molecule has 0 radical (unpaired) electrons. The quantitative estimate of drug-likeness (QED) is 0.912. The number of hydrogen-bond acceptors (Lipinski definition) is 5. The number of aromatic nitrogens is 1. The molecule has 1 atom stereocenters. The summed E-state index contributed by atoms with van der Waals surface area (Å²) in [6.45, 7) is 9.76. The van der Waals surface area contributed by atoms with Gasteiger partial charge >= 0.3 is 0 Å². The zero-order valence-corrected chi connectivity index (χ0v) is 13.8. The number of amidine groups is 1. The van der Waals surface area contributed by atoms with Gasteiger partial charge in [-0.1, -0.05) is 25.6 Å². The lowest BCUT2D eigenvalue weighted by molar-refractivity contribution is 0.318. The molecule has 0 spiro atoms. The van der Waals surface area contributed by atoms with E-state index in [1.807, 2.05) is 18.0 Å². The Hall–Kier alpha value is -0.550. The number of aliphatic imine (C=N–C) groups is 1. The van der Waals surface area contributed by atoms with Gasteiger partial charge in [-0.25, -0.2) is 4.98 Å². The van der Waals surface area contributed by atoms with Gasteiger partial charge in [0.1, 0.15) is 5.01 Å². The molecule has 1 N–H and O–H groups in total. The molecular formula is C14H23N3S2. The van der Waals surface area contributed by atoms with Crippen molar-refractivity contribution in [2.45, 2.75) is 46.6 Å². The molecule has 0 aliphatic carbocycles. The summed E-state index contributed by atoms with van der Waals surface area (Å²) in [5.41, 5.74) is 0.414. The van der Waals surface area contributed by atoms with Crippen molar-refractivity contribution in [3.05, 3.63) is 16.1 Å². The minimum atomic E-state index is 0.251. The lowest BCUT2D eigenvalue weighted by atomic mass is 9.84. The van der Waals surface area contributed by atoms with E-state index < -0.39 is 0 Å². The van der Waals surface area contributed by atoms with Gasteiger partial charge in [-0.05, 0) is 32.1 Å². The summed E-state index contributed by atoms with van der Waals surface area (Å²) in [6.07, 6.45) is 4.37. The van der Waals surface area contributed by atoms with Crippen molar-refractivity contribution in [3.63, 3.8) is 0 Å². The molecule has 0 amide bonds. The maximum absolute atomic E-state index is 4.74. The minimum Gasteiger partial charge on any atom is -0.356 e. The molecule has 1 unspecified atom stereocenters. The molecule has 3 nitrogen and oxygen atoms in total. The molecule has 1 aromatic heterocycles. The molecule has 0 fully saturated rings. The largest absolute Gasteiger partial charge is 0.356 e. The van der Waals surface area contributed by atoms with E-state index in [0.29, 0.717) is 5.41 Å². The molecule has 1 aliphatic heterocycles. The number of thioether (sulfide) groups is 1. The Morgan fingerprint density at radius 1 is 1.42 bits per heavy atom. The number of thiazole rings is 1. The molecule has 2 heterocycles. The van der Waals surface area contributed by atoms with Crippen molar-refractivity contribution in [1.82, 2.24) is 10.3 Å². The van der Waals surface area contributed by atoms with E-state index in [4.69, 9.17) is 4.99 Å². The summed E-state index contributed by atoms with van der Waals surface area (Å²) in [7, 11) is 0. The van der Waals surface area contributed by atoms with Crippen molar-refractivity contribution in [2.24, 2.45) is 10.4 Å². The van der Waals surface area contributed by atoms with E-state index in [9.17, 15) is 0 Å². The number of hydrogen-bond donors (Lipinski definition) is 1. The third-order valence-corrected chi connectivity index (χ3v) is 6.30. The molecule has 19 heavy (non-hydrogen) atoms. The first kappa shape index (κ1) is 14.9. The van der Waals surface area contributed by atoms with Crippen LogP contribution in [0.1, 0.15) is 49.5 Å². The third kappa shape index (κ3) is 3.51. The van der Waals surface area contributed by atoms with Crippen LogP contribution in [0.2, 0.25) is 0 Å². The molecule has 2 rings (SSSR count). The van der Waals surface area contributed by atoms with Crippen LogP contribution in [-0.4, -0.2) is 22.4 Å². The predicted octanol–water partition coefficient (Wildman–Crippen LogP) is 4.01. The van der Waals surface area contributed by atoms with E-state index in [1.54, 1.807) is 11.3 Å². The smallest absolute Gasteiger partial charge is 0.157 e. The van der Waals surface area contributed by atoms with Gasteiger partial charge in [0.25, 0.3) is 0 Å². The predicted molar refractivity (Wildman–Crippen MR) is 86.2 cm³/mol. The Morgan fingerprint density at radius 3 is 2.63 bits per heavy atom. The Bertz CT molecular complexity index is 449. The monoisotopic (exact) mass is 297 g/mol. The van der Waals surface area contributed by atoms with Crippen molar-refractivity contribution >= 4 is 28.3 Å². The van der Waals surface area contributed by atoms with Crippen LogP contribution < -0.4 is 5.32 Å². The number of rotatable bonds is 4. The molecule has 106 valence electrons. The highest BCUT2D eigenvalue weighted by Gasteiger charge is 2.30. The van der Waals surface area contributed by atoms with Gasteiger partial charge in [0.05, 0.1) is 6.04 Å². The Balaban J connectivity index is 1.96. The summed E-state index contributed by atoms with van der Waals surface area (Å²) in [5, 5.41) is 5.72. The van der Waals surface area contributed by atoms with Crippen LogP contribution in [-0.2, 0) is 0 Å².